The van der Waals surface area contributed by atoms with E-state index in [0.717, 1.165) is 12.4 Å². The number of hydrogen-bond acceptors (Lipinski definition) is 5. The van der Waals surface area contributed by atoms with Gasteiger partial charge in [-0.2, -0.15) is 15.0 Å². The molecular formula is C9H16N4O. The molecule has 1 aromatic rings. The van der Waals surface area contributed by atoms with Crippen LogP contribution in [0.3, 0.4) is 0 Å². The summed E-state index contributed by atoms with van der Waals surface area (Å²) in [5.74, 6) is 1.58. The third-order valence-corrected chi connectivity index (χ3v) is 1.67. The van der Waals surface area contributed by atoms with E-state index >= 15 is 0 Å². The first kappa shape index (κ1) is 10.7. The average molecular weight is 196 g/mol. The van der Waals surface area contributed by atoms with Crippen LogP contribution in [0.4, 0.5) is 5.95 Å². The molecule has 1 rings (SSSR count). The molecule has 5 nitrogen and oxygen atoms in total. The quantitative estimate of drug-likeness (QED) is 0.789. The van der Waals surface area contributed by atoms with Gasteiger partial charge in [-0.25, -0.2) is 0 Å². The van der Waals surface area contributed by atoms with E-state index in [1.54, 1.807) is 7.11 Å². The van der Waals surface area contributed by atoms with Crippen LogP contribution in [0.25, 0.3) is 0 Å². The van der Waals surface area contributed by atoms with Gasteiger partial charge in [0.2, 0.25) is 5.95 Å². The molecule has 1 N–H and O–H groups in total. The van der Waals surface area contributed by atoms with Crippen LogP contribution in [0.5, 0.6) is 6.01 Å². The summed E-state index contributed by atoms with van der Waals surface area (Å²) in [4.78, 5) is 12.5. The van der Waals surface area contributed by atoms with E-state index in [9.17, 15) is 0 Å². The van der Waals surface area contributed by atoms with Crippen molar-refractivity contribution in [2.75, 3.05) is 19.0 Å². The molecule has 14 heavy (non-hydrogen) atoms. The van der Waals surface area contributed by atoms with Crippen molar-refractivity contribution in [3.63, 3.8) is 0 Å². The molecule has 1 heterocycles. The maximum absolute atomic E-state index is 4.99. The van der Waals surface area contributed by atoms with Crippen molar-refractivity contribution in [2.24, 2.45) is 0 Å². The van der Waals surface area contributed by atoms with E-state index in [1.165, 1.54) is 0 Å². The average Bonchev–Trinajstić information content (AvgIpc) is 2.17. The van der Waals surface area contributed by atoms with Gasteiger partial charge in [0, 0.05) is 12.5 Å². The molecule has 0 aromatic carbocycles. The summed E-state index contributed by atoms with van der Waals surface area (Å²) in [6, 6.07) is 0.361. The summed E-state index contributed by atoms with van der Waals surface area (Å²) in [7, 11) is 1.55. The van der Waals surface area contributed by atoms with Crippen LogP contribution < -0.4 is 10.1 Å². The minimum Gasteiger partial charge on any atom is -0.467 e. The number of nitrogens with one attached hydrogen (secondary N) is 1. The van der Waals surface area contributed by atoms with E-state index in [0.29, 0.717) is 12.0 Å². The number of methoxy groups -OCH3 is 1. The normalized spacial score (nSPS) is 10.4. The Bertz CT molecular complexity index is 301. The molecule has 0 atom stereocenters. The summed E-state index contributed by atoms with van der Waals surface area (Å²) in [6.45, 7) is 6.84. The van der Waals surface area contributed by atoms with Crippen molar-refractivity contribution in [1.29, 1.82) is 0 Å². The summed E-state index contributed by atoms with van der Waals surface area (Å²) in [5.41, 5.74) is 0. The van der Waals surface area contributed by atoms with Crippen molar-refractivity contribution >= 4 is 5.95 Å². The van der Waals surface area contributed by atoms with Crippen LogP contribution >= 0.6 is 0 Å². The fourth-order valence-electron chi connectivity index (χ4n) is 0.959. The molecule has 0 saturated heterocycles. The fraction of sp³-hybridized carbons (Fsp3) is 0.667. The van der Waals surface area contributed by atoms with Gasteiger partial charge >= 0.3 is 6.01 Å². The highest BCUT2D eigenvalue weighted by atomic mass is 16.5. The summed E-state index contributed by atoms with van der Waals surface area (Å²) in [6.07, 6.45) is 0. The van der Waals surface area contributed by atoms with Gasteiger partial charge in [-0.15, -0.1) is 0 Å². The van der Waals surface area contributed by atoms with Gasteiger partial charge in [0.05, 0.1) is 7.11 Å². The highest BCUT2D eigenvalue weighted by Gasteiger charge is 2.08. The van der Waals surface area contributed by atoms with E-state index in [2.05, 4.69) is 20.3 Å². The zero-order chi connectivity index (χ0) is 10.6. The topological polar surface area (TPSA) is 59.9 Å². The lowest BCUT2D eigenvalue weighted by atomic mass is 10.2. The first-order chi connectivity index (χ1) is 6.67. The lowest BCUT2D eigenvalue weighted by molar-refractivity contribution is 0.375. The number of anilines is 1. The lowest BCUT2D eigenvalue weighted by Crippen LogP contribution is -2.08. The molecule has 78 valence electrons. The SMILES string of the molecule is CCNc1nc(OC)nc(C(C)C)n1. The number of ether oxygens (including phenoxy) is 1. The largest absolute Gasteiger partial charge is 0.467 e. The standard InChI is InChI=1S/C9H16N4O/c1-5-10-8-11-7(6(2)3)12-9(13-8)14-4/h6H,5H2,1-4H3,(H,10,11,12,13). The first-order valence-corrected chi connectivity index (χ1v) is 4.71. The Morgan fingerprint density at radius 2 is 2.00 bits per heavy atom. The molecular weight excluding hydrogens is 180 g/mol. The zero-order valence-electron chi connectivity index (χ0n) is 9.03. The Morgan fingerprint density at radius 1 is 1.29 bits per heavy atom. The number of rotatable bonds is 4. The third kappa shape index (κ3) is 2.55. The lowest BCUT2D eigenvalue weighted by Gasteiger charge is -2.08. The minimum absolute atomic E-state index is 0.268. The van der Waals surface area contributed by atoms with Crippen molar-refractivity contribution in [1.82, 2.24) is 15.0 Å². The summed E-state index contributed by atoms with van der Waals surface area (Å²) < 4.78 is 4.99. The Balaban J connectivity index is 3.00. The minimum atomic E-state index is 0.268. The highest BCUT2D eigenvalue weighted by molar-refractivity contribution is 5.26. The van der Waals surface area contributed by atoms with Crippen LogP contribution in [-0.4, -0.2) is 28.6 Å². The molecule has 0 bridgehead atoms. The molecule has 5 heteroatoms. The maximum atomic E-state index is 4.99. The fourth-order valence-corrected chi connectivity index (χ4v) is 0.959. The van der Waals surface area contributed by atoms with E-state index in [4.69, 9.17) is 4.74 Å². The Hall–Kier alpha value is -1.39. The van der Waals surface area contributed by atoms with Gasteiger partial charge in [0.25, 0.3) is 0 Å². The molecule has 1 aromatic heterocycles. The van der Waals surface area contributed by atoms with Gasteiger partial charge in [0.15, 0.2) is 0 Å². The predicted octanol–water partition coefficient (Wildman–Crippen LogP) is 1.44. The molecule has 0 amide bonds. The van der Waals surface area contributed by atoms with Crippen LogP contribution in [0.15, 0.2) is 0 Å². The third-order valence-electron chi connectivity index (χ3n) is 1.67. The van der Waals surface area contributed by atoms with Crippen LogP contribution in [0.1, 0.15) is 32.5 Å². The Kier molecular flexibility index (Phi) is 3.62. The molecule has 0 unspecified atom stereocenters. The van der Waals surface area contributed by atoms with Gasteiger partial charge in [-0.3, -0.25) is 0 Å². The first-order valence-electron chi connectivity index (χ1n) is 4.71. The second-order valence-corrected chi connectivity index (χ2v) is 3.19. The van der Waals surface area contributed by atoms with E-state index in [1.807, 2.05) is 20.8 Å². The van der Waals surface area contributed by atoms with Crippen molar-refractivity contribution in [3.05, 3.63) is 5.82 Å². The Morgan fingerprint density at radius 3 is 2.50 bits per heavy atom. The maximum Gasteiger partial charge on any atom is 0.321 e. The smallest absolute Gasteiger partial charge is 0.321 e. The monoisotopic (exact) mass is 196 g/mol. The van der Waals surface area contributed by atoms with Gasteiger partial charge in [-0.1, -0.05) is 13.8 Å². The number of hydrogen-bond donors (Lipinski definition) is 1. The second kappa shape index (κ2) is 4.74. The van der Waals surface area contributed by atoms with Crippen LogP contribution in [-0.2, 0) is 0 Å². The zero-order valence-corrected chi connectivity index (χ0v) is 9.03. The number of nitrogens with zero attached hydrogens (tertiary/aromatic N) is 3. The van der Waals surface area contributed by atoms with E-state index in [-0.39, 0.29) is 5.92 Å². The molecule has 0 saturated carbocycles. The second-order valence-electron chi connectivity index (χ2n) is 3.19. The highest BCUT2D eigenvalue weighted by Crippen LogP contribution is 2.13. The van der Waals surface area contributed by atoms with Gasteiger partial charge in [0.1, 0.15) is 5.82 Å². The molecule has 0 aliphatic carbocycles. The van der Waals surface area contributed by atoms with Crippen molar-refractivity contribution in [2.45, 2.75) is 26.7 Å². The molecule has 0 radical (unpaired) electrons. The molecule has 0 spiro atoms. The van der Waals surface area contributed by atoms with Crippen LogP contribution in [0, 0.1) is 0 Å². The summed E-state index contributed by atoms with van der Waals surface area (Å²) in [5, 5.41) is 3.04. The molecule has 0 aliphatic rings. The van der Waals surface area contributed by atoms with Crippen molar-refractivity contribution < 1.29 is 4.74 Å². The van der Waals surface area contributed by atoms with Crippen LogP contribution in [0.2, 0.25) is 0 Å². The Labute approximate surface area is 83.9 Å². The van der Waals surface area contributed by atoms with Gasteiger partial charge in [-0.05, 0) is 6.92 Å². The summed E-state index contributed by atoms with van der Waals surface area (Å²) >= 11 is 0. The molecule has 0 fully saturated rings. The van der Waals surface area contributed by atoms with E-state index < -0.39 is 0 Å². The predicted molar refractivity (Wildman–Crippen MR) is 54.6 cm³/mol. The van der Waals surface area contributed by atoms with Gasteiger partial charge < -0.3 is 10.1 Å². The molecule has 0 aliphatic heterocycles. The van der Waals surface area contributed by atoms with Crippen molar-refractivity contribution in [3.8, 4) is 6.01 Å². The number of aromatic nitrogens is 3.